The van der Waals surface area contributed by atoms with Gasteiger partial charge in [-0.1, -0.05) is 0 Å². The molecule has 0 unspecified atom stereocenters. The van der Waals surface area contributed by atoms with E-state index in [9.17, 15) is 9.18 Å². The van der Waals surface area contributed by atoms with E-state index in [2.05, 4.69) is 14.9 Å². The standard InChI is InChI=1S/C7H9FN2O2/c1-2-12-7(11)5-4-9-10-6(5)3-8/h4H,2-3H2,1H3,(H,9,10). The minimum Gasteiger partial charge on any atom is -0.462 e. The van der Waals surface area contributed by atoms with E-state index in [1.165, 1.54) is 6.20 Å². The van der Waals surface area contributed by atoms with Crippen LogP contribution in [0.15, 0.2) is 6.20 Å². The molecule has 5 heteroatoms. The van der Waals surface area contributed by atoms with E-state index in [1.54, 1.807) is 6.92 Å². The van der Waals surface area contributed by atoms with Crippen LogP contribution in [0, 0.1) is 0 Å². The van der Waals surface area contributed by atoms with E-state index < -0.39 is 12.6 Å². The SMILES string of the molecule is CCOC(=O)c1cn[nH]c1CF. The van der Waals surface area contributed by atoms with Crippen LogP contribution in [-0.2, 0) is 11.4 Å². The quantitative estimate of drug-likeness (QED) is 0.693. The summed E-state index contributed by atoms with van der Waals surface area (Å²) in [5.74, 6) is -0.543. The summed E-state index contributed by atoms with van der Waals surface area (Å²) in [7, 11) is 0. The third-order valence-corrected chi connectivity index (χ3v) is 1.35. The molecule has 0 spiro atoms. The normalized spacial score (nSPS) is 9.83. The first-order valence-electron chi connectivity index (χ1n) is 3.55. The third-order valence-electron chi connectivity index (χ3n) is 1.35. The van der Waals surface area contributed by atoms with Gasteiger partial charge in [-0.15, -0.1) is 0 Å². The van der Waals surface area contributed by atoms with Crippen LogP contribution in [0.4, 0.5) is 4.39 Å². The van der Waals surface area contributed by atoms with Crippen molar-refractivity contribution in [3.05, 3.63) is 17.5 Å². The first-order valence-corrected chi connectivity index (χ1v) is 3.55. The maximum absolute atomic E-state index is 12.1. The van der Waals surface area contributed by atoms with Crippen LogP contribution < -0.4 is 0 Å². The number of alkyl halides is 1. The number of carbonyl (C=O) groups is 1. The van der Waals surface area contributed by atoms with E-state index in [-0.39, 0.29) is 17.9 Å². The minimum atomic E-state index is -0.742. The number of esters is 1. The Balaban J connectivity index is 2.79. The number of aromatic nitrogens is 2. The molecule has 4 nitrogen and oxygen atoms in total. The molecule has 0 aromatic carbocycles. The van der Waals surface area contributed by atoms with Crippen LogP contribution in [0.1, 0.15) is 23.0 Å². The number of nitrogens with one attached hydrogen (secondary N) is 1. The fourth-order valence-corrected chi connectivity index (χ4v) is 0.800. The van der Waals surface area contributed by atoms with Crippen molar-refractivity contribution in [1.29, 1.82) is 0 Å². The largest absolute Gasteiger partial charge is 0.462 e. The zero-order valence-electron chi connectivity index (χ0n) is 6.63. The van der Waals surface area contributed by atoms with Crippen molar-refractivity contribution in [1.82, 2.24) is 10.2 Å². The second kappa shape index (κ2) is 3.85. The number of hydrogen-bond donors (Lipinski definition) is 1. The molecule has 0 atom stereocenters. The number of rotatable bonds is 3. The molecule has 1 aromatic rings. The molecule has 0 aliphatic rings. The second-order valence-electron chi connectivity index (χ2n) is 2.12. The predicted molar refractivity (Wildman–Crippen MR) is 39.4 cm³/mol. The summed E-state index contributed by atoms with van der Waals surface area (Å²) in [4.78, 5) is 11.0. The summed E-state index contributed by atoms with van der Waals surface area (Å²) >= 11 is 0. The molecule has 0 saturated heterocycles. The molecule has 0 aliphatic heterocycles. The maximum atomic E-state index is 12.1. The molecule has 66 valence electrons. The summed E-state index contributed by atoms with van der Waals surface area (Å²) in [6, 6.07) is 0. The molecule has 12 heavy (non-hydrogen) atoms. The van der Waals surface area contributed by atoms with Gasteiger partial charge in [0.25, 0.3) is 0 Å². The molecule has 0 fully saturated rings. The molecule has 1 rings (SSSR count). The topological polar surface area (TPSA) is 55.0 Å². The summed E-state index contributed by atoms with van der Waals surface area (Å²) in [6.45, 7) is 1.22. The Morgan fingerprint density at radius 3 is 3.17 bits per heavy atom. The monoisotopic (exact) mass is 172 g/mol. The van der Waals surface area contributed by atoms with Gasteiger partial charge in [-0.2, -0.15) is 5.10 Å². The van der Waals surface area contributed by atoms with Crippen LogP contribution in [0.25, 0.3) is 0 Å². The fourth-order valence-electron chi connectivity index (χ4n) is 0.800. The van der Waals surface area contributed by atoms with E-state index >= 15 is 0 Å². The van der Waals surface area contributed by atoms with Crippen LogP contribution >= 0.6 is 0 Å². The minimum absolute atomic E-state index is 0.161. The van der Waals surface area contributed by atoms with Crippen molar-refractivity contribution >= 4 is 5.97 Å². The van der Waals surface area contributed by atoms with Crippen LogP contribution in [-0.4, -0.2) is 22.8 Å². The Kier molecular flexibility index (Phi) is 2.79. The van der Waals surface area contributed by atoms with Crippen molar-refractivity contribution in [2.75, 3.05) is 6.61 Å². The van der Waals surface area contributed by atoms with Gasteiger partial charge in [-0.05, 0) is 6.92 Å². The van der Waals surface area contributed by atoms with Gasteiger partial charge in [0.2, 0.25) is 0 Å². The smallest absolute Gasteiger partial charge is 0.341 e. The van der Waals surface area contributed by atoms with Crippen molar-refractivity contribution in [3.8, 4) is 0 Å². The number of nitrogens with zero attached hydrogens (tertiary/aromatic N) is 1. The number of H-pyrrole nitrogens is 1. The zero-order chi connectivity index (χ0) is 8.97. The van der Waals surface area contributed by atoms with Gasteiger partial charge in [0.15, 0.2) is 0 Å². The van der Waals surface area contributed by atoms with Crippen molar-refractivity contribution in [2.45, 2.75) is 13.6 Å². The Morgan fingerprint density at radius 2 is 2.58 bits per heavy atom. The van der Waals surface area contributed by atoms with Gasteiger partial charge in [0.05, 0.1) is 18.5 Å². The lowest BCUT2D eigenvalue weighted by Gasteiger charge is -1.98. The van der Waals surface area contributed by atoms with E-state index in [4.69, 9.17) is 0 Å². The molecule has 0 bridgehead atoms. The van der Waals surface area contributed by atoms with E-state index in [1.807, 2.05) is 0 Å². The molecule has 1 N–H and O–H groups in total. The van der Waals surface area contributed by atoms with Crippen molar-refractivity contribution in [3.63, 3.8) is 0 Å². The van der Waals surface area contributed by atoms with Gasteiger partial charge in [-0.3, -0.25) is 5.10 Å². The molecular formula is C7H9FN2O2. The van der Waals surface area contributed by atoms with Crippen LogP contribution in [0.2, 0.25) is 0 Å². The maximum Gasteiger partial charge on any atom is 0.341 e. The number of aromatic amines is 1. The van der Waals surface area contributed by atoms with Crippen LogP contribution in [0.5, 0.6) is 0 Å². The van der Waals surface area contributed by atoms with Gasteiger partial charge in [-0.25, -0.2) is 9.18 Å². The molecule has 0 amide bonds. The molecule has 1 aromatic heterocycles. The Bertz CT molecular complexity index is 272. The summed E-state index contributed by atoms with van der Waals surface area (Å²) in [5.41, 5.74) is 0.327. The number of halogens is 1. The molecule has 1 heterocycles. The highest BCUT2D eigenvalue weighted by Gasteiger charge is 2.13. The van der Waals surface area contributed by atoms with Crippen molar-refractivity contribution < 1.29 is 13.9 Å². The number of carbonyl (C=O) groups excluding carboxylic acids is 1. The molecule has 0 aliphatic carbocycles. The van der Waals surface area contributed by atoms with Crippen LogP contribution in [0.3, 0.4) is 0 Å². The summed E-state index contributed by atoms with van der Waals surface area (Å²) in [5, 5.41) is 5.90. The lowest BCUT2D eigenvalue weighted by molar-refractivity contribution is 0.0524. The van der Waals surface area contributed by atoms with E-state index in [0.717, 1.165) is 0 Å². The predicted octanol–water partition coefficient (Wildman–Crippen LogP) is 1.06. The lowest BCUT2D eigenvalue weighted by atomic mass is 10.3. The highest BCUT2D eigenvalue weighted by atomic mass is 19.1. The Hall–Kier alpha value is -1.39. The number of ether oxygens (including phenoxy) is 1. The highest BCUT2D eigenvalue weighted by Crippen LogP contribution is 2.07. The van der Waals surface area contributed by atoms with Gasteiger partial charge >= 0.3 is 5.97 Å². The zero-order valence-corrected chi connectivity index (χ0v) is 6.63. The van der Waals surface area contributed by atoms with Gasteiger partial charge in [0.1, 0.15) is 12.2 Å². The Morgan fingerprint density at radius 1 is 1.83 bits per heavy atom. The molecule has 0 radical (unpaired) electrons. The first-order chi connectivity index (χ1) is 5.79. The highest BCUT2D eigenvalue weighted by molar-refractivity contribution is 5.90. The lowest BCUT2D eigenvalue weighted by Crippen LogP contribution is -2.05. The average Bonchev–Trinajstić information content (AvgIpc) is 2.51. The summed E-state index contributed by atoms with van der Waals surface area (Å²) in [6.07, 6.45) is 1.26. The van der Waals surface area contributed by atoms with Gasteiger partial charge < -0.3 is 4.74 Å². The second-order valence-corrected chi connectivity index (χ2v) is 2.12. The Labute approximate surface area is 68.7 Å². The molecular weight excluding hydrogens is 163 g/mol. The van der Waals surface area contributed by atoms with E-state index in [0.29, 0.717) is 0 Å². The first kappa shape index (κ1) is 8.70. The molecule has 0 saturated carbocycles. The number of hydrogen-bond acceptors (Lipinski definition) is 3. The van der Waals surface area contributed by atoms with Gasteiger partial charge in [0, 0.05) is 0 Å². The summed E-state index contributed by atoms with van der Waals surface area (Å²) < 4.78 is 16.8. The fraction of sp³-hybridized carbons (Fsp3) is 0.429. The van der Waals surface area contributed by atoms with Crippen molar-refractivity contribution in [2.24, 2.45) is 0 Å². The third kappa shape index (κ3) is 1.61. The average molecular weight is 172 g/mol.